The monoisotopic (exact) mass is 264 g/mol. The zero-order valence-electron chi connectivity index (χ0n) is 9.92. The third-order valence-electron chi connectivity index (χ3n) is 2.85. The summed E-state index contributed by atoms with van der Waals surface area (Å²) in [6, 6.07) is 4.25. The van der Waals surface area contributed by atoms with Gasteiger partial charge < -0.3 is 15.2 Å². The van der Waals surface area contributed by atoms with E-state index in [0.29, 0.717) is 23.7 Å². The number of aryl methyl sites for hydroxylation is 1. The van der Waals surface area contributed by atoms with Crippen LogP contribution in [-0.2, 0) is 6.42 Å². The second-order valence-electron chi connectivity index (χ2n) is 4.10. The van der Waals surface area contributed by atoms with Gasteiger partial charge in [-0.2, -0.15) is 0 Å². The number of nitrogens with one attached hydrogen (secondary N) is 1. The molecule has 7 heteroatoms. The topological polar surface area (TPSA) is 116 Å². The van der Waals surface area contributed by atoms with E-state index in [1.165, 1.54) is 12.1 Å². The normalized spacial score (nSPS) is 10.8. The average Bonchev–Trinajstić information content (AvgIpc) is 2.76. The number of hydrogen-bond acceptors (Lipinski definition) is 4. The molecule has 0 aliphatic heterocycles. The Morgan fingerprint density at radius 1 is 1.42 bits per heavy atom. The fourth-order valence-corrected chi connectivity index (χ4v) is 2.03. The van der Waals surface area contributed by atoms with Crippen LogP contribution in [0.1, 0.15) is 22.5 Å². The minimum atomic E-state index is -1.33. The first-order valence-electron chi connectivity index (χ1n) is 5.67. The molecule has 0 radical (unpaired) electrons. The summed E-state index contributed by atoms with van der Waals surface area (Å²) in [5.74, 6) is -1.33. The molecule has 7 nitrogen and oxygen atoms in total. The third kappa shape index (κ3) is 2.41. The van der Waals surface area contributed by atoms with Crippen molar-refractivity contribution in [1.29, 1.82) is 0 Å². The Morgan fingerprint density at radius 2 is 2.16 bits per heavy atom. The minimum Gasteiger partial charge on any atom is -0.477 e. The lowest BCUT2D eigenvalue weighted by Gasteiger charge is -1.99. The molecule has 2 rings (SSSR count). The minimum absolute atomic E-state index is 0.0291. The van der Waals surface area contributed by atoms with E-state index in [0.717, 1.165) is 5.69 Å². The van der Waals surface area contributed by atoms with Gasteiger partial charge in [-0.3, -0.25) is 10.1 Å². The van der Waals surface area contributed by atoms with Gasteiger partial charge >= 0.3 is 5.97 Å². The van der Waals surface area contributed by atoms with Crippen molar-refractivity contribution >= 4 is 22.6 Å². The average molecular weight is 264 g/mol. The van der Waals surface area contributed by atoms with E-state index in [1.54, 1.807) is 6.07 Å². The van der Waals surface area contributed by atoms with Crippen LogP contribution >= 0.6 is 0 Å². The standard InChI is InChI=1S/C12H12N2O5/c15-5-1-2-7-6-8-9(13-7)3-4-10(14(18)19)11(8)12(16)17/h3-4,6,13,15H,1-2,5H2,(H,16,17). The molecule has 0 aliphatic carbocycles. The summed E-state index contributed by atoms with van der Waals surface area (Å²) in [7, 11) is 0. The molecule has 100 valence electrons. The van der Waals surface area contributed by atoms with Crippen molar-refractivity contribution < 1.29 is 19.9 Å². The molecule has 19 heavy (non-hydrogen) atoms. The summed E-state index contributed by atoms with van der Waals surface area (Å²) in [4.78, 5) is 24.3. The van der Waals surface area contributed by atoms with E-state index in [1.807, 2.05) is 0 Å². The Labute approximate surface area is 107 Å². The summed E-state index contributed by atoms with van der Waals surface area (Å²) >= 11 is 0. The zero-order valence-corrected chi connectivity index (χ0v) is 9.92. The van der Waals surface area contributed by atoms with Gasteiger partial charge in [-0.25, -0.2) is 4.79 Å². The van der Waals surface area contributed by atoms with Gasteiger partial charge in [-0.1, -0.05) is 0 Å². The highest BCUT2D eigenvalue weighted by Crippen LogP contribution is 2.28. The lowest BCUT2D eigenvalue weighted by atomic mass is 10.1. The van der Waals surface area contributed by atoms with E-state index < -0.39 is 16.6 Å². The SMILES string of the molecule is O=C(O)c1c([N+](=O)[O-])ccc2[nH]c(CCCO)cc12. The molecular formula is C12H12N2O5. The molecule has 0 aliphatic rings. The number of fused-ring (bicyclic) bond motifs is 1. The Bertz CT molecular complexity index is 647. The zero-order chi connectivity index (χ0) is 14.0. The molecule has 0 saturated heterocycles. The van der Waals surface area contributed by atoms with Gasteiger partial charge in [0.15, 0.2) is 0 Å². The largest absolute Gasteiger partial charge is 0.477 e. The number of nitrogens with zero attached hydrogens (tertiary/aromatic N) is 1. The Kier molecular flexibility index (Phi) is 3.48. The maximum absolute atomic E-state index is 11.2. The molecule has 1 aromatic heterocycles. The van der Waals surface area contributed by atoms with Crippen molar-refractivity contribution in [2.24, 2.45) is 0 Å². The van der Waals surface area contributed by atoms with Gasteiger partial charge in [0.2, 0.25) is 0 Å². The van der Waals surface area contributed by atoms with Crippen molar-refractivity contribution in [3.05, 3.63) is 39.6 Å². The van der Waals surface area contributed by atoms with Crippen molar-refractivity contribution in [2.75, 3.05) is 6.61 Å². The van der Waals surface area contributed by atoms with Gasteiger partial charge in [-0.05, 0) is 25.0 Å². The molecule has 0 saturated carbocycles. The van der Waals surface area contributed by atoms with E-state index in [2.05, 4.69) is 4.98 Å². The molecule has 1 heterocycles. The summed E-state index contributed by atoms with van der Waals surface area (Å²) in [6.07, 6.45) is 1.09. The third-order valence-corrected chi connectivity index (χ3v) is 2.85. The molecule has 2 aromatic rings. The van der Waals surface area contributed by atoms with Crippen molar-refractivity contribution in [3.63, 3.8) is 0 Å². The van der Waals surface area contributed by atoms with Gasteiger partial charge in [0, 0.05) is 29.3 Å². The molecule has 0 amide bonds. The second-order valence-corrected chi connectivity index (χ2v) is 4.10. The number of aliphatic hydroxyl groups excluding tert-OH is 1. The number of aromatic carboxylic acids is 1. The van der Waals surface area contributed by atoms with Gasteiger partial charge in [0.05, 0.1) is 4.92 Å². The van der Waals surface area contributed by atoms with Crippen LogP contribution in [0, 0.1) is 10.1 Å². The number of aliphatic hydroxyl groups is 1. The summed E-state index contributed by atoms with van der Waals surface area (Å²) in [6.45, 7) is 0.0291. The molecule has 0 bridgehead atoms. The molecule has 0 atom stereocenters. The lowest BCUT2D eigenvalue weighted by Crippen LogP contribution is -2.02. The van der Waals surface area contributed by atoms with Gasteiger partial charge in [0.25, 0.3) is 5.69 Å². The van der Waals surface area contributed by atoms with Crippen LogP contribution < -0.4 is 0 Å². The number of benzene rings is 1. The van der Waals surface area contributed by atoms with Gasteiger partial charge in [-0.15, -0.1) is 0 Å². The highest BCUT2D eigenvalue weighted by molar-refractivity contribution is 6.06. The highest BCUT2D eigenvalue weighted by atomic mass is 16.6. The fourth-order valence-electron chi connectivity index (χ4n) is 2.03. The summed E-state index contributed by atoms with van der Waals surface area (Å²) in [5, 5.41) is 29.1. The van der Waals surface area contributed by atoms with Crippen molar-refractivity contribution in [1.82, 2.24) is 4.98 Å². The predicted octanol–water partition coefficient (Wildman–Crippen LogP) is 1.70. The number of hydrogen-bond donors (Lipinski definition) is 3. The Morgan fingerprint density at radius 3 is 2.74 bits per heavy atom. The Balaban J connectivity index is 2.60. The molecular weight excluding hydrogens is 252 g/mol. The first-order chi connectivity index (χ1) is 9.04. The molecule has 0 fully saturated rings. The summed E-state index contributed by atoms with van der Waals surface area (Å²) in [5.41, 5.74) is 0.546. The first-order valence-corrected chi connectivity index (χ1v) is 5.67. The van der Waals surface area contributed by atoms with Gasteiger partial charge in [0.1, 0.15) is 5.56 Å². The highest BCUT2D eigenvalue weighted by Gasteiger charge is 2.23. The smallest absolute Gasteiger partial charge is 0.343 e. The van der Waals surface area contributed by atoms with Crippen LogP contribution in [0.3, 0.4) is 0 Å². The lowest BCUT2D eigenvalue weighted by molar-refractivity contribution is -0.385. The number of carboxylic acids is 1. The number of rotatable bonds is 5. The summed E-state index contributed by atoms with van der Waals surface area (Å²) < 4.78 is 0. The maximum Gasteiger partial charge on any atom is 0.343 e. The molecule has 0 spiro atoms. The van der Waals surface area contributed by atoms with Crippen molar-refractivity contribution in [3.8, 4) is 0 Å². The number of aromatic amines is 1. The van der Waals surface area contributed by atoms with Crippen LogP contribution in [0.25, 0.3) is 10.9 Å². The number of carboxylic acid groups (broad SMARTS) is 1. The second kappa shape index (κ2) is 5.07. The number of nitro benzene ring substituents is 1. The van der Waals surface area contributed by atoms with E-state index in [9.17, 15) is 14.9 Å². The maximum atomic E-state index is 11.2. The van der Waals surface area contributed by atoms with Crippen molar-refractivity contribution in [2.45, 2.75) is 12.8 Å². The molecule has 3 N–H and O–H groups in total. The first kappa shape index (κ1) is 13.0. The van der Waals surface area contributed by atoms with Crippen LogP contribution in [0.2, 0.25) is 0 Å². The van der Waals surface area contributed by atoms with Crippen LogP contribution in [0.15, 0.2) is 18.2 Å². The molecule has 1 aromatic carbocycles. The van der Waals surface area contributed by atoms with Crippen LogP contribution in [0.5, 0.6) is 0 Å². The van der Waals surface area contributed by atoms with Crippen LogP contribution in [-0.4, -0.2) is 32.7 Å². The number of carbonyl (C=O) groups is 1. The number of nitro groups is 1. The quantitative estimate of drug-likeness (QED) is 0.561. The van der Waals surface area contributed by atoms with E-state index in [-0.39, 0.29) is 12.2 Å². The Hall–Kier alpha value is -2.41. The van der Waals surface area contributed by atoms with E-state index >= 15 is 0 Å². The molecule has 0 unspecified atom stereocenters. The van der Waals surface area contributed by atoms with E-state index in [4.69, 9.17) is 10.2 Å². The number of H-pyrrole nitrogens is 1. The predicted molar refractivity (Wildman–Crippen MR) is 67.3 cm³/mol. The van der Waals surface area contributed by atoms with Crippen LogP contribution in [0.4, 0.5) is 5.69 Å². The fraction of sp³-hybridized carbons (Fsp3) is 0.250. The number of aromatic nitrogens is 1.